The zero-order valence-electron chi connectivity index (χ0n) is 26.8. The van der Waals surface area contributed by atoms with Gasteiger partial charge in [0.2, 0.25) is 17.7 Å². The molecule has 2 heterocycles. The molecule has 5 rings (SSSR count). The van der Waals surface area contributed by atoms with E-state index in [1.165, 1.54) is 35.1 Å². The Balaban J connectivity index is 1.20. The van der Waals surface area contributed by atoms with Gasteiger partial charge in [-0.15, -0.1) is 0 Å². The van der Waals surface area contributed by atoms with Crippen LogP contribution in [0.5, 0.6) is 6.01 Å². The number of carboxylic acid groups (broad SMARTS) is 1. The number of aliphatic carboxylic acids is 1. The lowest BCUT2D eigenvalue weighted by molar-refractivity contribution is -0.154. The Morgan fingerprint density at radius 2 is 1.71 bits per heavy atom. The SMILES string of the molecule is Cn1cc(CC(=O)C(=O)NCC[C@H](NC(=O)c2ccc(Nc3nc(NC4(c5ccc(Cl)cc5)CC4)nc(OCC(F)(F)F)n3)cc2)C(=O)O)cn1. The van der Waals surface area contributed by atoms with Gasteiger partial charge in [-0.1, -0.05) is 23.7 Å². The van der Waals surface area contributed by atoms with Gasteiger partial charge in [0.25, 0.3) is 11.8 Å². The molecule has 1 aliphatic rings. The second-order valence-electron chi connectivity index (χ2n) is 11.6. The molecule has 0 saturated heterocycles. The molecular formula is C32H31ClF3N9O6. The molecular weight excluding hydrogens is 699 g/mol. The Bertz CT molecular complexity index is 1900. The highest BCUT2D eigenvalue weighted by Crippen LogP contribution is 2.48. The largest absolute Gasteiger partial charge is 0.480 e. The number of nitrogens with zero attached hydrogens (tertiary/aromatic N) is 5. The van der Waals surface area contributed by atoms with Crippen LogP contribution in [-0.4, -0.2) is 78.8 Å². The van der Waals surface area contributed by atoms with Crippen LogP contribution >= 0.6 is 11.6 Å². The zero-order valence-corrected chi connectivity index (χ0v) is 27.6. The minimum Gasteiger partial charge on any atom is -0.480 e. The average molecular weight is 730 g/mol. The zero-order chi connectivity index (χ0) is 36.8. The van der Waals surface area contributed by atoms with Crippen molar-refractivity contribution in [2.45, 2.75) is 43.4 Å². The maximum atomic E-state index is 12.9. The van der Waals surface area contributed by atoms with E-state index in [0.717, 1.165) is 5.56 Å². The van der Waals surface area contributed by atoms with Crippen molar-refractivity contribution < 1.29 is 42.2 Å². The molecule has 2 amide bonds. The Labute approximate surface area is 293 Å². The number of ether oxygens (including phenoxy) is 1. The van der Waals surface area contributed by atoms with Crippen LogP contribution in [0.1, 0.15) is 40.7 Å². The molecule has 5 N–H and O–H groups in total. The fraction of sp³-hybridized carbons (Fsp3) is 0.312. The van der Waals surface area contributed by atoms with E-state index < -0.39 is 53.9 Å². The number of ketones is 1. The first-order chi connectivity index (χ1) is 24.2. The molecule has 1 fully saturated rings. The molecule has 1 atom stereocenters. The van der Waals surface area contributed by atoms with Crippen LogP contribution < -0.4 is 26.0 Å². The molecule has 268 valence electrons. The Kier molecular flexibility index (Phi) is 11.0. The summed E-state index contributed by atoms with van der Waals surface area (Å²) in [5.41, 5.74) is 1.28. The number of hydrogen-bond acceptors (Lipinski definition) is 11. The lowest BCUT2D eigenvalue weighted by Gasteiger charge is -2.19. The molecule has 1 saturated carbocycles. The first kappa shape index (κ1) is 36.5. The highest BCUT2D eigenvalue weighted by atomic mass is 35.5. The lowest BCUT2D eigenvalue weighted by atomic mass is 10.1. The number of alkyl halides is 3. The molecule has 0 unspecified atom stereocenters. The van der Waals surface area contributed by atoms with Crippen molar-refractivity contribution in [3.8, 4) is 6.01 Å². The van der Waals surface area contributed by atoms with Gasteiger partial charge in [-0.3, -0.25) is 19.1 Å². The van der Waals surface area contributed by atoms with Crippen molar-refractivity contribution in [3.63, 3.8) is 0 Å². The highest BCUT2D eigenvalue weighted by Gasteiger charge is 2.45. The van der Waals surface area contributed by atoms with E-state index in [4.69, 9.17) is 16.3 Å². The Hall–Kier alpha value is -5.78. The van der Waals surface area contributed by atoms with Gasteiger partial charge in [-0.25, -0.2) is 4.79 Å². The minimum absolute atomic E-state index is 0.0399. The van der Waals surface area contributed by atoms with Crippen molar-refractivity contribution >= 4 is 52.8 Å². The highest BCUT2D eigenvalue weighted by molar-refractivity contribution is 6.36. The topological polar surface area (TPSA) is 202 Å². The number of carbonyl (C=O) groups is 4. The number of anilines is 3. The third-order valence-electron chi connectivity index (χ3n) is 7.58. The molecule has 51 heavy (non-hydrogen) atoms. The number of rotatable bonds is 16. The van der Waals surface area contributed by atoms with E-state index in [2.05, 4.69) is 41.3 Å². The van der Waals surface area contributed by atoms with Crippen LogP contribution in [0.4, 0.5) is 30.8 Å². The third-order valence-corrected chi connectivity index (χ3v) is 7.83. The predicted molar refractivity (Wildman–Crippen MR) is 176 cm³/mol. The number of benzene rings is 2. The molecule has 0 radical (unpaired) electrons. The van der Waals surface area contributed by atoms with Gasteiger partial charge in [0.15, 0.2) is 6.61 Å². The number of carboxylic acids is 1. The molecule has 2 aromatic carbocycles. The van der Waals surface area contributed by atoms with E-state index >= 15 is 0 Å². The van der Waals surface area contributed by atoms with E-state index in [1.807, 2.05) is 12.1 Å². The summed E-state index contributed by atoms with van der Waals surface area (Å²) in [6.45, 7) is -1.83. The first-order valence-corrected chi connectivity index (χ1v) is 15.7. The summed E-state index contributed by atoms with van der Waals surface area (Å²) in [5, 5.41) is 24.8. The van der Waals surface area contributed by atoms with E-state index in [0.29, 0.717) is 29.1 Å². The van der Waals surface area contributed by atoms with E-state index in [1.54, 1.807) is 25.4 Å². The standard InChI is InChI=1S/C32H31ClF3N9O6/c1-45-16-18(15-38-45)14-24(46)26(48)37-13-10-23(27(49)50)40-25(47)19-2-8-22(9-3-19)39-28-41-29(43-30(42-28)51-17-32(34,35)36)44-31(11-12-31)20-4-6-21(33)7-5-20/h2-9,15-16,23H,10-14,17H2,1H3,(H,37,48)(H,40,47)(H,49,50)(H2,39,41,42,43,44)/t23-/m0/s1. The molecule has 0 bridgehead atoms. The number of Topliss-reactive ketones (excluding diaryl/α,β-unsaturated/α-hetero) is 1. The number of hydrogen-bond donors (Lipinski definition) is 5. The van der Waals surface area contributed by atoms with Crippen LogP contribution in [0, 0.1) is 0 Å². The van der Waals surface area contributed by atoms with Crippen molar-refractivity contribution in [2.75, 3.05) is 23.8 Å². The quantitative estimate of drug-likeness (QED) is 0.105. The van der Waals surface area contributed by atoms with Crippen LogP contribution in [0.25, 0.3) is 0 Å². The second kappa shape index (κ2) is 15.4. The number of nitrogens with one attached hydrogen (secondary N) is 4. The number of carbonyl (C=O) groups excluding carboxylic acids is 3. The van der Waals surface area contributed by atoms with Crippen molar-refractivity contribution in [3.05, 3.63) is 82.6 Å². The summed E-state index contributed by atoms with van der Waals surface area (Å²) in [7, 11) is 1.66. The normalized spacial score (nSPS) is 13.8. The third kappa shape index (κ3) is 10.4. The molecule has 0 aliphatic heterocycles. The van der Waals surface area contributed by atoms with Crippen LogP contribution in [0.2, 0.25) is 5.02 Å². The van der Waals surface area contributed by atoms with Gasteiger partial charge in [0.1, 0.15) is 6.04 Å². The number of amides is 2. The molecule has 0 spiro atoms. The maximum Gasteiger partial charge on any atom is 0.422 e. The first-order valence-electron chi connectivity index (χ1n) is 15.4. The van der Waals surface area contributed by atoms with Crippen LogP contribution in [0.3, 0.4) is 0 Å². The average Bonchev–Trinajstić information content (AvgIpc) is 3.74. The second-order valence-corrected chi connectivity index (χ2v) is 12.1. The monoisotopic (exact) mass is 729 g/mol. The van der Waals surface area contributed by atoms with Crippen LogP contribution in [0.15, 0.2) is 60.9 Å². The summed E-state index contributed by atoms with van der Waals surface area (Å²) in [6.07, 6.45) is -0.575. The summed E-state index contributed by atoms with van der Waals surface area (Å²) in [4.78, 5) is 61.2. The summed E-state index contributed by atoms with van der Waals surface area (Å²) in [6, 6.07) is 10.8. The van der Waals surface area contributed by atoms with Gasteiger partial charge < -0.3 is 31.1 Å². The smallest absolute Gasteiger partial charge is 0.422 e. The van der Waals surface area contributed by atoms with Gasteiger partial charge in [0, 0.05) is 42.5 Å². The molecule has 1 aliphatic carbocycles. The van der Waals surface area contributed by atoms with Gasteiger partial charge in [0.05, 0.1) is 11.7 Å². The molecule has 19 heteroatoms. The van der Waals surface area contributed by atoms with E-state index in [9.17, 15) is 37.5 Å². The number of halogens is 4. The Morgan fingerprint density at radius 3 is 2.31 bits per heavy atom. The summed E-state index contributed by atoms with van der Waals surface area (Å²) < 4.78 is 45.0. The van der Waals surface area contributed by atoms with Gasteiger partial charge >= 0.3 is 18.2 Å². The molecule has 2 aromatic heterocycles. The molecule has 15 nitrogen and oxygen atoms in total. The van der Waals surface area contributed by atoms with E-state index in [-0.39, 0.29) is 36.8 Å². The summed E-state index contributed by atoms with van der Waals surface area (Å²) in [5.74, 6) is -3.91. The number of aryl methyl sites for hydroxylation is 1. The minimum atomic E-state index is -4.64. The van der Waals surface area contributed by atoms with Crippen molar-refractivity contribution in [1.29, 1.82) is 0 Å². The number of aromatic nitrogens is 5. The Morgan fingerprint density at radius 1 is 1.02 bits per heavy atom. The van der Waals surface area contributed by atoms with Gasteiger partial charge in [-0.2, -0.15) is 33.2 Å². The fourth-order valence-corrected chi connectivity index (χ4v) is 4.99. The predicted octanol–water partition coefficient (Wildman–Crippen LogP) is 3.55. The lowest BCUT2D eigenvalue weighted by Crippen LogP contribution is -2.43. The van der Waals surface area contributed by atoms with Crippen molar-refractivity contribution in [2.24, 2.45) is 7.05 Å². The van der Waals surface area contributed by atoms with Gasteiger partial charge in [-0.05, 0) is 66.8 Å². The maximum absolute atomic E-state index is 12.9. The summed E-state index contributed by atoms with van der Waals surface area (Å²) >= 11 is 6.01. The molecule has 4 aromatic rings. The van der Waals surface area contributed by atoms with Crippen LogP contribution in [-0.2, 0) is 33.4 Å². The fourth-order valence-electron chi connectivity index (χ4n) is 4.86. The van der Waals surface area contributed by atoms with Crippen molar-refractivity contribution in [1.82, 2.24) is 35.4 Å².